The molecule has 0 saturated carbocycles. The number of aromatic nitrogens is 2. The minimum atomic E-state index is -4.27. The molecule has 0 radical (unpaired) electrons. The van der Waals surface area contributed by atoms with E-state index in [4.69, 9.17) is 0 Å². The zero-order chi connectivity index (χ0) is 10.8. The van der Waals surface area contributed by atoms with E-state index in [0.29, 0.717) is 5.82 Å². The van der Waals surface area contributed by atoms with E-state index >= 15 is 0 Å². The predicted molar refractivity (Wildman–Crippen MR) is 45.9 cm³/mol. The van der Waals surface area contributed by atoms with Crippen molar-refractivity contribution in [3.05, 3.63) is 18.1 Å². The van der Waals surface area contributed by atoms with Crippen LogP contribution in [0.4, 0.5) is 19.0 Å². The molecule has 14 heavy (non-hydrogen) atoms. The van der Waals surface area contributed by atoms with E-state index < -0.39 is 12.2 Å². The van der Waals surface area contributed by atoms with Gasteiger partial charge in [0.05, 0.1) is 0 Å². The van der Waals surface area contributed by atoms with Gasteiger partial charge in [0.15, 0.2) is 0 Å². The summed E-state index contributed by atoms with van der Waals surface area (Å²) < 4.78 is 36.4. The largest absolute Gasteiger partial charge is 0.408 e. The van der Waals surface area contributed by atoms with Crippen LogP contribution in [0.5, 0.6) is 0 Å². The van der Waals surface area contributed by atoms with Gasteiger partial charge in [0, 0.05) is 6.20 Å². The first kappa shape index (κ1) is 10.7. The van der Waals surface area contributed by atoms with Crippen molar-refractivity contribution in [2.75, 3.05) is 5.32 Å². The lowest BCUT2D eigenvalue weighted by Gasteiger charge is -2.17. The predicted octanol–water partition coefficient (Wildman–Crippen LogP) is 2.15. The first-order valence-corrected chi connectivity index (χ1v) is 4.02. The van der Waals surface area contributed by atoms with Gasteiger partial charge in [-0.3, -0.25) is 0 Å². The van der Waals surface area contributed by atoms with Gasteiger partial charge in [-0.15, -0.1) is 0 Å². The Hall–Kier alpha value is -1.33. The molecule has 1 atom stereocenters. The topological polar surface area (TPSA) is 37.8 Å². The van der Waals surface area contributed by atoms with Crippen LogP contribution in [0.25, 0.3) is 0 Å². The summed E-state index contributed by atoms with van der Waals surface area (Å²) in [5.74, 6) is 0.617. The van der Waals surface area contributed by atoms with E-state index in [1.165, 1.54) is 12.3 Å². The smallest absolute Gasteiger partial charge is 0.359 e. The molecular weight excluding hydrogens is 195 g/mol. The molecule has 0 bridgehead atoms. The van der Waals surface area contributed by atoms with Crippen LogP contribution >= 0.6 is 0 Å². The highest BCUT2D eigenvalue weighted by atomic mass is 19.4. The van der Waals surface area contributed by atoms with Crippen LogP contribution in [0.3, 0.4) is 0 Å². The van der Waals surface area contributed by atoms with Crippen LogP contribution in [0.2, 0.25) is 0 Å². The average molecular weight is 205 g/mol. The Bertz CT molecular complexity index is 311. The first-order chi connectivity index (χ1) is 6.39. The summed E-state index contributed by atoms with van der Waals surface area (Å²) in [6.45, 7) is 2.65. The molecule has 1 N–H and O–H groups in total. The third-order valence-corrected chi connectivity index (χ3v) is 1.63. The van der Waals surface area contributed by atoms with Gasteiger partial charge in [0.2, 0.25) is 0 Å². The zero-order valence-corrected chi connectivity index (χ0v) is 7.76. The molecule has 0 aliphatic carbocycles. The minimum absolute atomic E-state index is 0.183. The lowest BCUT2D eigenvalue weighted by Crippen LogP contribution is -2.33. The van der Waals surface area contributed by atoms with E-state index in [0.717, 1.165) is 6.92 Å². The summed E-state index contributed by atoms with van der Waals surface area (Å²) in [5, 5.41) is 2.25. The van der Waals surface area contributed by atoms with Crippen LogP contribution < -0.4 is 5.32 Å². The molecule has 1 aromatic heterocycles. The van der Waals surface area contributed by atoms with Gasteiger partial charge in [-0.25, -0.2) is 9.97 Å². The summed E-state index contributed by atoms with van der Waals surface area (Å²) in [7, 11) is 0. The van der Waals surface area contributed by atoms with Gasteiger partial charge in [-0.05, 0) is 19.9 Å². The number of hydrogen-bond donors (Lipinski definition) is 1. The number of hydrogen-bond acceptors (Lipinski definition) is 3. The normalized spacial score (nSPS) is 13.8. The number of alkyl halides is 3. The number of halogens is 3. The maximum absolute atomic E-state index is 12.1. The van der Waals surface area contributed by atoms with Gasteiger partial charge in [0.25, 0.3) is 0 Å². The molecule has 1 aromatic rings. The Morgan fingerprint density at radius 1 is 1.43 bits per heavy atom. The van der Waals surface area contributed by atoms with Crippen LogP contribution in [0.1, 0.15) is 12.7 Å². The maximum Gasteiger partial charge on any atom is 0.408 e. The van der Waals surface area contributed by atoms with Gasteiger partial charge in [0.1, 0.15) is 17.7 Å². The number of nitrogens with one attached hydrogen (secondary N) is 1. The van der Waals surface area contributed by atoms with Crippen molar-refractivity contribution in [3.8, 4) is 0 Å². The van der Waals surface area contributed by atoms with Crippen LogP contribution in [-0.2, 0) is 0 Å². The Morgan fingerprint density at radius 3 is 2.57 bits per heavy atom. The Morgan fingerprint density at radius 2 is 2.07 bits per heavy atom. The molecule has 0 aliphatic heterocycles. The molecule has 0 amide bonds. The summed E-state index contributed by atoms with van der Waals surface area (Å²) >= 11 is 0. The molecule has 0 spiro atoms. The number of rotatable bonds is 2. The van der Waals surface area contributed by atoms with Crippen molar-refractivity contribution in [1.29, 1.82) is 0 Å². The second-order valence-electron chi connectivity index (χ2n) is 2.90. The number of anilines is 1. The fraction of sp³-hybridized carbons (Fsp3) is 0.500. The molecule has 3 nitrogen and oxygen atoms in total. The molecule has 1 heterocycles. The Kier molecular flexibility index (Phi) is 2.93. The molecule has 78 valence electrons. The van der Waals surface area contributed by atoms with Crippen molar-refractivity contribution < 1.29 is 13.2 Å². The van der Waals surface area contributed by atoms with E-state index in [1.54, 1.807) is 6.92 Å². The molecule has 0 aliphatic rings. The van der Waals surface area contributed by atoms with E-state index in [-0.39, 0.29) is 5.82 Å². The molecule has 0 aromatic carbocycles. The highest BCUT2D eigenvalue weighted by molar-refractivity contribution is 5.34. The van der Waals surface area contributed by atoms with E-state index in [1.807, 2.05) is 0 Å². The van der Waals surface area contributed by atoms with Crippen molar-refractivity contribution >= 4 is 5.82 Å². The van der Waals surface area contributed by atoms with Crippen LogP contribution in [0, 0.1) is 6.92 Å². The molecular formula is C8H10F3N3. The van der Waals surface area contributed by atoms with Crippen molar-refractivity contribution in [2.24, 2.45) is 0 Å². The number of nitrogens with zero attached hydrogens (tertiary/aromatic N) is 2. The van der Waals surface area contributed by atoms with Crippen LogP contribution in [0.15, 0.2) is 12.3 Å². The monoisotopic (exact) mass is 205 g/mol. The van der Waals surface area contributed by atoms with Gasteiger partial charge in [-0.2, -0.15) is 13.2 Å². The molecule has 6 heteroatoms. The standard InChI is InChI=1S/C8H10F3N3/c1-5(8(9,10)11)13-7-3-4-12-6(2)14-7/h3-5H,1-2H3,(H,12,13,14). The minimum Gasteiger partial charge on any atom is -0.359 e. The van der Waals surface area contributed by atoms with E-state index in [2.05, 4.69) is 15.3 Å². The van der Waals surface area contributed by atoms with Gasteiger partial charge >= 0.3 is 6.18 Å². The lowest BCUT2D eigenvalue weighted by molar-refractivity contribution is -0.138. The van der Waals surface area contributed by atoms with Crippen LogP contribution in [-0.4, -0.2) is 22.2 Å². The highest BCUT2D eigenvalue weighted by Crippen LogP contribution is 2.22. The van der Waals surface area contributed by atoms with Crippen molar-refractivity contribution in [1.82, 2.24) is 9.97 Å². The van der Waals surface area contributed by atoms with Crippen molar-refractivity contribution in [3.63, 3.8) is 0 Å². The summed E-state index contributed by atoms with van der Waals surface area (Å²) in [5.41, 5.74) is 0. The van der Waals surface area contributed by atoms with Gasteiger partial charge < -0.3 is 5.32 Å². The lowest BCUT2D eigenvalue weighted by atomic mass is 10.3. The fourth-order valence-corrected chi connectivity index (χ4v) is 0.840. The number of aryl methyl sites for hydroxylation is 1. The zero-order valence-electron chi connectivity index (χ0n) is 7.76. The van der Waals surface area contributed by atoms with Crippen molar-refractivity contribution in [2.45, 2.75) is 26.1 Å². The first-order valence-electron chi connectivity index (χ1n) is 4.02. The highest BCUT2D eigenvalue weighted by Gasteiger charge is 2.36. The molecule has 0 saturated heterocycles. The Balaban J connectivity index is 2.70. The fourth-order valence-electron chi connectivity index (χ4n) is 0.840. The average Bonchev–Trinajstić information content (AvgIpc) is 2.02. The quantitative estimate of drug-likeness (QED) is 0.803. The molecule has 1 rings (SSSR count). The molecule has 1 unspecified atom stereocenters. The third kappa shape index (κ3) is 2.86. The summed E-state index contributed by atoms with van der Waals surface area (Å²) in [6, 6.07) is -0.216. The maximum atomic E-state index is 12.1. The Labute approximate surface area is 79.4 Å². The second kappa shape index (κ2) is 3.81. The summed E-state index contributed by atoms with van der Waals surface area (Å²) in [6.07, 6.45) is -2.85. The summed E-state index contributed by atoms with van der Waals surface area (Å²) in [4.78, 5) is 7.58. The van der Waals surface area contributed by atoms with E-state index in [9.17, 15) is 13.2 Å². The third-order valence-electron chi connectivity index (χ3n) is 1.63. The SMILES string of the molecule is Cc1nccc(NC(C)C(F)(F)F)n1. The second-order valence-corrected chi connectivity index (χ2v) is 2.90. The molecule has 0 fully saturated rings. The van der Waals surface area contributed by atoms with Gasteiger partial charge in [-0.1, -0.05) is 0 Å².